The number of aromatic hydroxyl groups is 1. The average molecular weight is 503 g/mol. The number of hydrogen-bond donors (Lipinski definition) is 4. The fraction of sp³-hybridized carbons (Fsp3) is 0.600. The molecule has 28 heavy (non-hydrogen) atoms. The Bertz CT molecular complexity index is 614. The van der Waals surface area contributed by atoms with Gasteiger partial charge in [0.1, 0.15) is 5.75 Å². The zero-order chi connectivity index (χ0) is 19.6. The van der Waals surface area contributed by atoms with Crippen LogP contribution in [0.1, 0.15) is 44.0 Å². The molecule has 0 aromatic heterocycles. The third kappa shape index (κ3) is 8.22. The maximum absolute atomic E-state index is 12.1. The first-order valence-corrected chi connectivity index (χ1v) is 9.85. The highest BCUT2D eigenvalue weighted by Crippen LogP contribution is 2.12. The first-order valence-electron chi connectivity index (χ1n) is 9.85. The quantitative estimate of drug-likeness (QED) is 0.198. The van der Waals surface area contributed by atoms with Gasteiger partial charge in [-0.1, -0.05) is 0 Å². The zero-order valence-corrected chi connectivity index (χ0v) is 19.4. The minimum absolute atomic E-state index is 0. The number of guanidine groups is 1. The molecule has 0 unspecified atom stereocenters. The molecule has 0 aliphatic carbocycles. The van der Waals surface area contributed by atoms with Crippen molar-refractivity contribution in [2.45, 2.75) is 45.7 Å². The van der Waals surface area contributed by atoms with Gasteiger partial charge >= 0.3 is 0 Å². The summed E-state index contributed by atoms with van der Waals surface area (Å²) >= 11 is 0. The van der Waals surface area contributed by atoms with Gasteiger partial charge in [0.25, 0.3) is 5.91 Å². The van der Waals surface area contributed by atoms with E-state index in [0.717, 1.165) is 38.4 Å². The molecule has 1 fully saturated rings. The van der Waals surface area contributed by atoms with E-state index in [9.17, 15) is 9.90 Å². The Balaban J connectivity index is 0.00000392. The summed E-state index contributed by atoms with van der Waals surface area (Å²) in [5, 5.41) is 18.9. The Hall–Kier alpha value is -1.55. The fourth-order valence-corrected chi connectivity index (χ4v) is 3.13. The maximum atomic E-state index is 12.1. The van der Waals surface area contributed by atoms with Crippen LogP contribution < -0.4 is 16.0 Å². The molecule has 0 spiro atoms. The molecule has 2 rings (SSSR count). The summed E-state index contributed by atoms with van der Waals surface area (Å²) in [7, 11) is 0. The molecule has 1 aliphatic heterocycles. The number of aliphatic imine (C=N–C) groups is 1. The van der Waals surface area contributed by atoms with Gasteiger partial charge in [0.15, 0.2) is 5.96 Å². The number of benzene rings is 1. The topological polar surface area (TPSA) is 89.0 Å². The third-order valence-electron chi connectivity index (χ3n) is 4.74. The minimum atomic E-state index is -0.163. The summed E-state index contributed by atoms with van der Waals surface area (Å²) in [5.41, 5.74) is 0.527. The smallest absolute Gasteiger partial charge is 0.251 e. The number of rotatable bonds is 7. The summed E-state index contributed by atoms with van der Waals surface area (Å²) in [4.78, 5) is 19.1. The van der Waals surface area contributed by atoms with Gasteiger partial charge in [0.05, 0.1) is 6.54 Å². The number of carbonyl (C=O) groups is 1. The molecule has 8 heteroatoms. The lowest BCUT2D eigenvalue weighted by atomic mass is 10.0. The largest absolute Gasteiger partial charge is 0.508 e. The van der Waals surface area contributed by atoms with Crippen LogP contribution >= 0.6 is 24.0 Å². The molecule has 1 amide bonds. The molecule has 1 aliphatic rings. The van der Waals surface area contributed by atoms with Crippen molar-refractivity contribution < 1.29 is 9.90 Å². The Labute approximate surface area is 185 Å². The van der Waals surface area contributed by atoms with E-state index >= 15 is 0 Å². The molecule has 0 atom stereocenters. The number of nitrogens with zero attached hydrogens (tertiary/aromatic N) is 2. The molecule has 1 aromatic rings. The lowest BCUT2D eigenvalue weighted by Gasteiger charge is -2.35. The molecule has 0 bridgehead atoms. The summed E-state index contributed by atoms with van der Waals surface area (Å²) in [6.07, 6.45) is 2.22. The highest BCUT2D eigenvalue weighted by atomic mass is 127. The van der Waals surface area contributed by atoms with E-state index in [1.165, 1.54) is 12.1 Å². The molecular formula is C20H34IN5O2. The van der Waals surface area contributed by atoms with Gasteiger partial charge in [-0.25, -0.2) is 0 Å². The van der Waals surface area contributed by atoms with Crippen LogP contribution in [0.3, 0.4) is 0 Å². The number of piperidine rings is 1. The van der Waals surface area contributed by atoms with Crippen LogP contribution in [0.5, 0.6) is 5.75 Å². The molecule has 4 N–H and O–H groups in total. The van der Waals surface area contributed by atoms with Crippen molar-refractivity contribution in [2.75, 3.05) is 32.7 Å². The number of amides is 1. The third-order valence-corrected chi connectivity index (χ3v) is 4.74. The minimum Gasteiger partial charge on any atom is -0.508 e. The van der Waals surface area contributed by atoms with Crippen molar-refractivity contribution >= 4 is 35.8 Å². The van der Waals surface area contributed by atoms with E-state index in [1.54, 1.807) is 12.1 Å². The second-order valence-corrected chi connectivity index (χ2v) is 7.11. The molecule has 0 radical (unpaired) electrons. The lowest BCUT2D eigenvalue weighted by molar-refractivity contribution is 0.0955. The van der Waals surface area contributed by atoms with E-state index in [4.69, 9.17) is 0 Å². The number of likely N-dealkylation sites (tertiary alicyclic amines) is 1. The van der Waals surface area contributed by atoms with Gasteiger partial charge in [0.2, 0.25) is 0 Å². The molecule has 0 saturated carbocycles. The van der Waals surface area contributed by atoms with Gasteiger partial charge in [-0.05, 0) is 57.9 Å². The number of phenols is 1. The van der Waals surface area contributed by atoms with Crippen LogP contribution in [-0.2, 0) is 0 Å². The van der Waals surface area contributed by atoms with E-state index < -0.39 is 0 Å². The molecular weight excluding hydrogens is 469 g/mol. The van der Waals surface area contributed by atoms with E-state index in [2.05, 4.69) is 39.7 Å². The van der Waals surface area contributed by atoms with Gasteiger partial charge in [-0.2, -0.15) is 0 Å². The predicted molar refractivity (Wildman–Crippen MR) is 125 cm³/mol. The van der Waals surface area contributed by atoms with Crippen LogP contribution in [0, 0.1) is 0 Å². The van der Waals surface area contributed by atoms with Crippen molar-refractivity contribution in [3.8, 4) is 5.75 Å². The van der Waals surface area contributed by atoms with Crippen LogP contribution in [0.4, 0.5) is 0 Å². The second-order valence-electron chi connectivity index (χ2n) is 7.11. The number of phenolic OH excluding ortho intramolecular Hbond substituents is 1. The molecule has 7 nitrogen and oxygen atoms in total. The summed E-state index contributed by atoms with van der Waals surface area (Å²) in [6.45, 7) is 10.5. The highest BCUT2D eigenvalue weighted by molar-refractivity contribution is 14.0. The van der Waals surface area contributed by atoms with Crippen molar-refractivity contribution in [3.05, 3.63) is 29.8 Å². The molecule has 1 saturated heterocycles. The van der Waals surface area contributed by atoms with Gasteiger partial charge in [0, 0.05) is 43.8 Å². The van der Waals surface area contributed by atoms with Gasteiger partial charge in [-0.3, -0.25) is 9.79 Å². The van der Waals surface area contributed by atoms with Gasteiger partial charge in [-0.15, -0.1) is 24.0 Å². The summed E-state index contributed by atoms with van der Waals surface area (Å²) in [5.74, 6) is 0.792. The maximum Gasteiger partial charge on any atom is 0.251 e. The number of carbonyl (C=O) groups excluding carboxylic acids is 1. The van der Waals surface area contributed by atoms with Crippen LogP contribution in [-0.4, -0.2) is 66.7 Å². The fourth-order valence-electron chi connectivity index (χ4n) is 3.13. The lowest BCUT2D eigenvalue weighted by Crippen LogP contribution is -2.50. The Kier molecular flexibility index (Phi) is 11.2. The molecule has 158 valence electrons. The van der Waals surface area contributed by atoms with Gasteiger partial charge < -0.3 is 26.0 Å². The summed E-state index contributed by atoms with van der Waals surface area (Å²) in [6, 6.07) is 7.25. The van der Waals surface area contributed by atoms with E-state index in [-0.39, 0.29) is 35.6 Å². The Morgan fingerprint density at radius 3 is 2.43 bits per heavy atom. The zero-order valence-electron chi connectivity index (χ0n) is 17.1. The summed E-state index contributed by atoms with van der Waals surface area (Å²) < 4.78 is 0. The monoisotopic (exact) mass is 503 g/mol. The van der Waals surface area contributed by atoms with E-state index in [0.29, 0.717) is 30.7 Å². The van der Waals surface area contributed by atoms with Crippen molar-refractivity contribution in [1.82, 2.24) is 20.9 Å². The Morgan fingerprint density at radius 2 is 1.86 bits per heavy atom. The predicted octanol–water partition coefficient (Wildman–Crippen LogP) is 2.17. The van der Waals surface area contributed by atoms with E-state index in [1.807, 2.05) is 6.92 Å². The first-order chi connectivity index (χ1) is 13.0. The van der Waals surface area contributed by atoms with Crippen molar-refractivity contribution in [1.29, 1.82) is 0 Å². The number of nitrogens with one attached hydrogen (secondary N) is 3. The SMILES string of the molecule is CCNC(=NCCNC(=O)c1ccc(O)cc1)NC1CCN(C(C)C)CC1.I. The van der Waals surface area contributed by atoms with Crippen LogP contribution in [0.2, 0.25) is 0 Å². The number of halogens is 1. The standard InChI is InChI=1S/C20H33N5O2.HI/c1-4-21-20(24-17-9-13-25(14-10-17)15(2)3)23-12-11-22-19(27)16-5-7-18(26)8-6-16;/h5-8,15,17,26H,4,9-14H2,1-3H3,(H,22,27)(H2,21,23,24);1H. The second kappa shape index (κ2) is 12.8. The highest BCUT2D eigenvalue weighted by Gasteiger charge is 2.21. The first kappa shape index (κ1) is 24.5. The molecule has 1 aromatic carbocycles. The Morgan fingerprint density at radius 1 is 1.21 bits per heavy atom. The normalized spacial score (nSPS) is 15.8. The van der Waals surface area contributed by atoms with Crippen LogP contribution in [0.15, 0.2) is 29.3 Å². The van der Waals surface area contributed by atoms with Crippen molar-refractivity contribution in [2.24, 2.45) is 4.99 Å². The molecule has 1 heterocycles. The number of hydrogen-bond acceptors (Lipinski definition) is 4. The van der Waals surface area contributed by atoms with Crippen LogP contribution in [0.25, 0.3) is 0 Å². The van der Waals surface area contributed by atoms with Crippen molar-refractivity contribution in [3.63, 3.8) is 0 Å². The average Bonchev–Trinajstić information content (AvgIpc) is 2.66.